The molecule has 2 atom stereocenters. The number of pyridine rings is 1. The molecule has 1 aromatic heterocycles. The van der Waals surface area contributed by atoms with Crippen LogP contribution in [0.15, 0.2) is 48.5 Å². The van der Waals surface area contributed by atoms with E-state index < -0.39 is 0 Å². The van der Waals surface area contributed by atoms with Gasteiger partial charge in [-0.05, 0) is 79.5 Å². The van der Waals surface area contributed by atoms with Crippen molar-refractivity contribution in [2.75, 3.05) is 0 Å². The lowest BCUT2D eigenvalue weighted by molar-refractivity contribution is 0.311. The highest BCUT2D eigenvalue weighted by atomic mass is 14.7. The summed E-state index contributed by atoms with van der Waals surface area (Å²) in [4.78, 5) is 5.46. The molecule has 0 aliphatic heterocycles. The lowest BCUT2D eigenvalue weighted by Crippen LogP contribution is -2.19. The number of hydrogen-bond acceptors (Lipinski definition) is 1. The zero-order valence-corrected chi connectivity index (χ0v) is 20.2. The van der Waals surface area contributed by atoms with Crippen LogP contribution in [0.2, 0.25) is 0 Å². The minimum Gasteiger partial charge on any atom is -0.257 e. The molecule has 1 nitrogen and oxygen atoms in total. The Balaban J connectivity index is 1.59. The highest BCUT2D eigenvalue weighted by Gasteiger charge is 2.28. The van der Waals surface area contributed by atoms with E-state index in [1.165, 1.54) is 96.6 Å². The van der Waals surface area contributed by atoms with Crippen molar-refractivity contribution in [3.63, 3.8) is 0 Å². The largest absolute Gasteiger partial charge is 0.257 e. The number of fused-ring (bicyclic) bond motifs is 1. The van der Waals surface area contributed by atoms with E-state index in [0.29, 0.717) is 11.8 Å². The van der Waals surface area contributed by atoms with Gasteiger partial charge in [-0.2, -0.15) is 0 Å². The second kappa shape index (κ2) is 9.38. The molecule has 2 aromatic carbocycles. The van der Waals surface area contributed by atoms with Crippen molar-refractivity contribution < 1.29 is 0 Å². The second-order valence-corrected chi connectivity index (χ2v) is 10.7. The molecule has 168 valence electrons. The van der Waals surface area contributed by atoms with Gasteiger partial charge in [-0.1, -0.05) is 81.5 Å². The number of aromatic nitrogens is 1. The summed E-state index contributed by atoms with van der Waals surface area (Å²) in [6.07, 6.45) is 12.1. The first-order valence-electron chi connectivity index (χ1n) is 13.1. The second-order valence-electron chi connectivity index (χ2n) is 10.7. The Kier molecular flexibility index (Phi) is 6.35. The molecular formula is C31H39N. The molecule has 2 aliphatic rings. The molecule has 1 heterocycles. The van der Waals surface area contributed by atoms with Crippen LogP contribution in [-0.4, -0.2) is 4.98 Å². The van der Waals surface area contributed by atoms with Crippen LogP contribution in [0, 0.1) is 18.8 Å². The van der Waals surface area contributed by atoms with Crippen LogP contribution in [0.25, 0.3) is 21.9 Å². The topological polar surface area (TPSA) is 12.9 Å². The monoisotopic (exact) mass is 425 g/mol. The quantitative estimate of drug-likeness (QED) is 0.406. The summed E-state index contributed by atoms with van der Waals surface area (Å²) in [7, 11) is 0. The summed E-state index contributed by atoms with van der Waals surface area (Å²) in [5.41, 5.74) is 6.73. The van der Waals surface area contributed by atoms with E-state index in [4.69, 9.17) is 4.98 Å². The number of nitrogens with zero attached hydrogens (tertiary/aromatic N) is 1. The highest BCUT2D eigenvalue weighted by molar-refractivity contribution is 5.89. The molecule has 0 saturated heterocycles. The van der Waals surface area contributed by atoms with Gasteiger partial charge in [0.15, 0.2) is 0 Å². The summed E-state index contributed by atoms with van der Waals surface area (Å²) in [5, 5.41) is 2.80. The van der Waals surface area contributed by atoms with Gasteiger partial charge < -0.3 is 0 Å². The van der Waals surface area contributed by atoms with Crippen molar-refractivity contribution in [1.29, 1.82) is 0 Å². The Morgan fingerprint density at radius 1 is 0.812 bits per heavy atom. The summed E-state index contributed by atoms with van der Waals surface area (Å²) in [6.45, 7) is 6.97. The summed E-state index contributed by atoms with van der Waals surface area (Å²) < 4.78 is 0. The SMILES string of the molecule is CCC1CCC(c2cc3cc(-c4ccc(C)cc4)ccc3c(C3CCCC[C@@H]3C)n2)CC1. The van der Waals surface area contributed by atoms with E-state index in [0.717, 1.165) is 11.8 Å². The molecule has 5 rings (SSSR count). The minimum absolute atomic E-state index is 0.614. The lowest BCUT2D eigenvalue weighted by Gasteiger charge is -2.31. The van der Waals surface area contributed by atoms with Crippen LogP contribution in [0.3, 0.4) is 0 Å². The Bertz CT molecular complexity index is 1060. The van der Waals surface area contributed by atoms with Gasteiger partial charge in [0.25, 0.3) is 0 Å². The maximum absolute atomic E-state index is 5.46. The van der Waals surface area contributed by atoms with E-state index in [1.54, 1.807) is 0 Å². The number of hydrogen-bond donors (Lipinski definition) is 0. The fourth-order valence-electron chi connectivity index (χ4n) is 6.31. The molecule has 2 aliphatic carbocycles. The third kappa shape index (κ3) is 4.36. The lowest BCUT2D eigenvalue weighted by atomic mass is 9.76. The zero-order valence-electron chi connectivity index (χ0n) is 20.2. The predicted molar refractivity (Wildman–Crippen MR) is 137 cm³/mol. The standard InChI is InChI=1S/C31H39N/c1-4-23-11-15-25(16-12-23)30-20-27-19-26(24-13-9-21(2)10-14-24)17-18-29(27)31(32-30)28-8-6-5-7-22(28)3/h9-10,13-14,17-20,22-23,25,28H,4-8,11-12,15-16H2,1-3H3/t22-,23?,25?,28?/m0/s1. The molecule has 0 radical (unpaired) electrons. The predicted octanol–water partition coefficient (Wildman–Crippen LogP) is 9.19. The van der Waals surface area contributed by atoms with Crippen molar-refractivity contribution in [3.8, 4) is 11.1 Å². The molecule has 0 N–H and O–H groups in total. The van der Waals surface area contributed by atoms with Crippen LogP contribution in [0.4, 0.5) is 0 Å². The van der Waals surface area contributed by atoms with Crippen LogP contribution in [0.5, 0.6) is 0 Å². The fourth-order valence-corrected chi connectivity index (χ4v) is 6.31. The molecular weight excluding hydrogens is 386 g/mol. The van der Waals surface area contributed by atoms with Gasteiger partial charge in [0.2, 0.25) is 0 Å². The van der Waals surface area contributed by atoms with Gasteiger partial charge in [-0.3, -0.25) is 4.98 Å². The van der Waals surface area contributed by atoms with Gasteiger partial charge in [-0.15, -0.1) is 0 Å². The van der Waals surface area contributed by atoms with Crippen LogP contribution in [0.1, 0.15) is 100 Å². The molecule has 32 heavy (non-hydrogen) atoms. The molecule has 0 spiro atoms. The molecule has 0 amide bonds. The third-order valence-electron chi connectivity index (χ3n) is 8.57. The van der Waals surface area contributed by atoms with Crippen LogP contribution >= 0.6 is 0 Å². The molecule has 1 heteroatoms. The van der Waals surface area contributed by atoms with Crippen molar-refractivity contribution in [2.24, 2.45) is 11.8 Å². The van der Waals surface area contributed by atoms with E-state index in [9.17, 15) is 0 Å². The highest BCUT2D eigenvalue weighted by Crippen LogP contribution is 2.43. The first-order valence-corrected chi connectivity index (χ1v) is 13.1. The molecule has 3 aromatic rings. The van der Waals surface area contributed by atoms with E-state index in [-0.39, 0.29) is 0 Å². The number of aryl methyl sites for hydroxylation is 1. The Morgan fingerprint density at radius 2 is 1.53 bits per heavy atom. The van der Waals surface area contributed by atoms with Crippen LogP contribution in [-0.2, 0) is 0 Å². The molecule has 0 bridgehead atoms. The molecule has 1 unspecified atom stereocenters. The van der Waals surface area contributed by atoms with Gasteiger partial charge in [-0.25, -0.2) is 0 Å². The number of rotatable bonds is 4. The average Bonchev–Trinajstić information content (AvgIpc) is 2.84. The summed E-state index contributed by atoms with van der Waals surface area (Å²) in [6, 6.07) is 18.5. The molecule has 2 saturated carbocycles. The zero-order chi connectivity index (χ0) is 22.1. The van der Waals surface area contributed by atoms with E-state index in [1.807, 2.05) is 0 Å². The number of benzene rings is 2. The third-order valence-corrected chi connectivity index (χ3v) is 8.57. The van der Waals surface area contributed by atoms with Gasteiger partial charge >= 0.3 is 0 Å². The first-order chi connectivity index (χ1) is 15.6. The fraction of sp³-hybridized carbons (Fsp3) is 0.516. The van der Waals surface area contributed by atoms with Gasteiger partial charge in [0, 0.05) is 22.9 Å². The summed E-state index contributed by atoms with van der Waals surface area (Å²) in [5.74, 6) is 2.92. The van der Waals surface area contributed by atoms with Crippen LogP contribution < -0.4 is 0 Å². The average molecular weight is 426 g/mol. The molecule has 2 fully saturated rings. The van der Waals surface area contributed by atoms with Crippen molar-refractivity contribution >= 4 is 10.8 Å². The van der Waals surface area contributed by atoms with E-state index in [2.05, 4.69) is 69.3 Å². The van der Waals surface area contributed by atoms with Crippen molar-refractivity contribution in [3.05, 3.63) is 65.5 Å². The maximum Gasteiger partial charge on any atom is 0.0518 e. The van der Waals surface area contributed by atoms with Gasteiger partial charge in [0.05, 0.1) is 5.69 Å². The maximum atomic E-state index is 5.46. The Hall–Kier alpha value is -2.15. The van der Waals surface area contributed by atoms with Crippen molar-refractivity contribution in [2.45, 2.75) is 90.4 Å². The normalized spacial score (nSPS) is 26.3. The minimum atomic E-state index is 0.614. The Labute approximate surface area is 194 Å². The van der Waals surface area contributed by atoms with Gasteiger partial charge in [0.1, 0.15) is 0 Å². The van der Waals surface area contributed by atoms with E-state index >= 15 is 0 Å². The summed E-state index contributed by atoms with van der Waals surface area (Å²) >= 11 is 0. The first kappa shape index (κ1) is 21.7. The Morgan fingerprint density at radius 3 is 2.25 bits per heavy atom. The smallest absolute Gasteiger partial charge is 0.0518 e. The van der Waals surface area contributed by atoms with Crippen molar-refractivity contribution in [1.82, 2.24) is 4.98 Å².